The minimum atomic E-state index is -0.730. The van der Waals surface area contributed by atoms with Crippen LogP contribution in [0.15, 0.2) is 24.3 Å². The second-order valence-electron chi connectivity index (χ2n) is 4.21. The minimum Gasteiger partial charge on any atom is -0.493 e. The van der Waals surface area contributed by atoms with E-state index in [1.165, 1.54) is 0 Å². The number of rotatable bonds is 5. The van der Waals surface area contributed by atoms with Crippen molar-refractivity contribution in [3.05, 3.63) is 29.8 Å². The van der Waals surface area contributed by atoms with Crippen molar-refractivity contribution < 1.29 is 14.6 Å². The molecule has 0 saturated heterocycles. The second kappa shape index (κ2) is 5.32. The summed E-state index contributed by atoms with van der Waals surface area (Å²) >= 11 is 5.31. The maximum atomic E-state index is 10.8. The number of hydrogen-bond acceptors (Lipinski definition) is 3. The van der Waals surface area contributed by atoms with Crippen molar-refractivity contribution in [3.8, 4) is 5.75 Å². The molecule has 0 atom stereocenters. The van der Waals surface area contributed by atoms with Gasteiger partial charge in [0.2, 0.25) is 0 Å². The quantitative estimate of drug-likeness (QED) is 0.808. The molecule has 0 unspecified atom stereocenters. The lowest BCUT2D eigenvalue weighted by Gasteiger charge is -2.16. The highest BCUT2D eigenvalue weighted by Crippen LogP contribution is 2.15. The number of aliphatic hydroxyl groups is 1. The largest absolute Gasteiger partial charge is 0.493 e. The predicted molar refractivity (Wildman–Crippen MR) is 63.0 cm³/mol. The van der Waals surface area contributed by atoms with Crippen molar-refractivity contribution in [2.75, 3.05) is 6.61 Å². The smallest absolute Gasteiger partial charge is 0.252 e. The topological polar surface area (TPSA) is 46.5 Å². The Kier molecular flexibility index (Phi) is 4.33. The molecule has 1 N–H and O–H groups in total. The van der Waals surface area contributed by atoms with Gasteiger partial charge in [0, 0.05) is 12.0 Å². The third-order valence-electron chi connectivity index (χ3n) is 2.06. The van der Waals surface area contributed by atoms with E-state index in [4.69, 9.17) is 16.3 Å². The maximum absolute atomic E-state index is 10.8. The molecular weight excluding hydrogens is 228 g/mol. The SMILES string of the molecule is CC(C)(O)CCOc1ccc(C(=O)Cl)cc1. The van der Waals surface area contributed by atoms with Gasteiger partial charge in [-0.1, -0.05) is 0 Å². The van der Waals surface area contributed by atoms with Crippen LogP contribution in [-0.2, 0) is 0 Å². The van der Waals surface area contributed by atoms with Crippen molar-refractivity contribution in [3.63, 3.8) is 0 Å². The molecule has 0 radical (unpaired) electrons. The molecular formula is C12H15ClO3. The molecule has 0 aliphatic carbocycles. The lowest BCUT2D eigenvalue weighted by molar-refractivity contribution is 0.0553. The summed E-state index contributed by atoms with van der Waals surface area (Å²) in [5.74, 6) is 0.658. The van der Waals surface area contributed by atoms with Crippen LogP contribution >= 0.6 is 11.6 Å². The molecule has 0 spiro atoms. The molecule has 0 saturated carbocycles. The van der Waals surface area contributed by atoms with Gasteiger partial charge in [-0.15, -0.1) is 0 Å². The Morgan fingerprint density at radius 2 is 1.94 bits per heavy atom. The van der Waals surface area contributed by atoms with Gasteiger partial charge in [-0.25, -0.2) is 0 Å². The normalized spacial score (nSPS) is 11.2. The van der Waals surface area contributed by atoms with Gasteiger partial charge in [0.1, 0.15) is 5.75 Å². The molecule has 0 bridgehead atoms. The Hall–Kier alpha value is -1.06. The zero-order chi connectivity index (χ0) is 12.2. The predicted octanol–water partition coefficient (Wildman–Crippen LogP) is 2.61. The number of halogens is 1. The summed E-state index contributed by atoms with van der Waals surface area (Å²) in [5, 5.41) is 8.99. The Bertz CT molecular complexity index is 352. The summed E-state index contributed by atoms with van der Waals surface area (Å²) < 4.78 is 5.40. The Morgan fingerprint density at radius 3 is 2.38 bits per heavy atom. The summed E-state index contributed by atoms with van der Waals surface area (Å²) in [6, 6.07) is 6.57. The number of carbonyl (C=O) groups excluding carboxylic acids is 1. The molecule has 0 aliphatic rings. The van der Waals surface area contributed by atoms with Gasteiger partial charge in [-0.05, 0) is 49.7 Å². The van der Waals surface area contributed by atoms with Crippen molar-refractivity contribution in [2.45, 2.75) is 25.9 Å². The van der Waals surface area contributed by atoms with Gasteiger partial charge in [0.25, 0.3) is 5.24 Å². The van der Waals surface area contributed by atoms with E-state index in [9.17, 15) is 9.90 Å². The molecule has 1 rings (SSSR count). The van der Waals surface area contributed by atoms with Gasteiger partial charge < -0.3 is 9.84 Å². The van der Waals surface area contributed by atoms with E-state index in [0.717, 1.165) is 0 Å². The van der Waals surface area contributed by atoms with E-state index in [2.05, 4.69) is 0 Å². The van der Waals surface area contributed by atoms with E-state index in [1.54, 1.807) is 38.1 Å². The fourth-order valence-electron chi connectivity index (χ4n) is 1.10. The summed E-state index contributed by atoms with van der Waals surface area (Å²) in [7, 11) is 0. The maximum Gasteiger partial charge on any atom is 0.252 e. The van der Waals surface area contributed by atoms with Crippen LogP contribution in [0, 0.1) is 0 Å². The molecule has 16 heavy (non-hydrogen) atoms. The van der Waals surface area contributed by atoms with E-state index in [1.807, 2.05) is 0 Å². The average Bonchev–Trinajstić information content (AvgIpc) is 2.16. The molecule has 88 valence electrons. The first-order valence-electron chi connectivity index (χ1n) is 5.03. The summed E-state index contributed by atoms with van der Waals surface area (Å²) in [6.45, 7) is 3.88. The van der Waals surface area contributed by atoms with Gasteiger partial charge in [0.15, 0.2) is 0 Å². The molecule has 0 aromatic heterocycles. The van der Waals surface area contributed by atoms with Crippen LogP contribution in [-0.4, -0.2) is 22.6 Å². The van der Waals surface area contributed by atoms with E-state index in [-0.39, 0.29) is 0 Å². The van der Waals surface area contributed by atoms with Gasteiger partial charge >= 0.3 is 0 Å². The van der Waals surface area contributed by atoms with Gasteiger partial charge in [-0.2, -0.15) is 0 Å². The highest BCUT2D eigenvalue weighted by Gasteiger charge is 2.12. The average molecular weight is 243 g/mol. The molecule has 3 nitrogen and oxygen atoms in total. The van der Waals surface area contributed by atoms with Crippen LogP contribution in [0.5, 0.6) is 5.75 Å². The van der Waals surface area contributed by atoms with Crippen LogP contribution in [0.25, 0.3) is 0 Å². The molecule has 0 fully saturated rings. The third kappa shape index (κ3) is 4.64. The third-order valence-corrected chi connectivity index (χ3v) is 2.28. The molecule has 0 aliphatic heterocycles. The fourth-order valence-corrected chi connectivity index (χ4v) is 1.23. The van der Waals surface area contributed by atoms with Crippen molar-refractivity contribution in [1.82, 2.24) is 0 Å². The molecule has 0 heterocycles. The van der Waals surface area contributed by atoms with Crippen LogP contribution in [0.3, 0.4) is 0 Å². The molecule has 4 heteroatoms. The summed E-state index contributed by atoms with van der Waals surface area (Å²) in [4.78, 5) is 10.8. The number of benzene rings is 1. The zero-order valence-electron chi connectivity index (χ0n) is 9.37. The Morgan fingerprint density at radius 1 is 1.38 bits per heavy atom. The van der Waals surface area contributed by atoms with E-state index < -0.39 is 10.8 Å². The van der Waals surface area contributed by atoms with Crippen molar-refractivity contribution in [2.24, 2.45) is 0 Å². The lowest BCUT2D eigenvalue weighted by atomic mass is 10.1. The first-order valence-corrected chi connectivity index (χ1v) is 5.41. The lowest BCUT2D eigenvalue weighted by Crippen LogP contribution is -2.21. The van der Waals surface area contributed by atoms with Crippen molar-refractivity contribution in [1.29, 1.82) is 0 Å². The zero-order valence-corrected chi connectivity index (χ0v) is 10.1. The van der Waals surface area contributed by atoms with Crippen LogP contribution in [0.2, 0.25) is 0 Å². The van der Waals surface area contributed by atoms with E-state index >= 15 is 0 Å². The first-order chi connectivity index (χ1) is 7.38. The first kappa shape index (κ1) is 13.0. The molecule has 1 aromatic rings. The minimum absolute atomic E-state index is 0.428. The number of hydrogen-bond donors (Lipinski definition) is 1. The second-order valence-corrected chi connectivity index (χ2v) is 4.55. The van der Waals surface area contributed by atoms with Crippen molar-refractivity contribution >= 4 is 16.8 Å². The highest BCUT2D eigenvalue weighted by molar-refractivity contribution is 6.67. The van der Waals surface area contributed by atoms with Gasteiger partial charge in [0.05, 0.1) is 12.2 Å². The fraction of sp³-hybridized carbons (Fsp3) is 0.417. The molecule has 0 amide bonds. The van der Waals surface area contributed by atoms with Gasteiger partial charge in [-0.3, -0.25) is 4.79 Å². The molecule has 1 aromatic carbocycles. The van der Waals surface area contributed by atoms with Crippen LogP contribution in [0.1, 0.15) is 30.6 Å². The number of ether oxygens (including phenoxy) is 1. The van der Waals surface area contributed by atoms with E-state index in [0.29, 0.717) is 24.3 Å². The van der Waals surface area contributed by atoms with Crippen LogP contribution in [0.4, 0.5) is 0 Å². The summed E-state index contributed by atoms with van der Waals surface area (Å²) in [6.07, 6.45) is 0.545. The number of carbonyl (C=O) groups is 1. The highest BCUT2D eigenvalue weighted by atomic mass is 35.5. The van der Waals surface area contributed by atoms with Crippen LogP contribution < -0.4 is 4.74 Å². The Labute approximate surface area is 100.0 Å². The monoisotopic (exact) mass is 242 g/mol. The summed E-state index contributed by atoms with van der Waals surface area (Å²) in [5.41, 5.74) is -0.289. The standard InChI is InChI=1S/C12H15ClO3/c1-12(2,15)7-8-16-10-5-3-9(4-6-10)11(13)14/h3-6,15H,7-8H2,1-2H3. The Balaban J connectivity index is 2.47.